The first-order chi connectivity index (χ1) is 12.6. The average molecular weight is 363 g/mol. The van der Waals surface area contributed by atoms with E-state index in [1.54, 1.807) is 11.0 Å². The molecule has 8 heteroatoms. The van der Waals surface area contributed by atoms with Crippen LogP contribution in [0.2, 0.25) is 0 Å². The maximum Gasteiger partial charge on any atom is 0.305 e. The number of carbonyl (C=O) groups excluding carboxylic acids is 2. The number of aromatic nitrogens is 4. The van der Waals surface area contributed by atoms with Crippen LogP contribution in [0.1, 0.15) is 57.8 Å². The minimum Gasteiger partial charge on any atom is -0.469 e. The molecule has 0 atom stereocenters. The van der Waals surface area contributed by atoms with Crippen molar-refractivity contribution in [1.29, 1.82) is 0 Å². The molecule has 26 heavy (non-hydrogen) atoms. The molecule has 2 heterocycles. The maximum atomic E-state index is 13.0. The summed E-state index contributed by atoms with van der Waals surface area (Å²) in [6.45, 7) is 2.19. The number of piperidine rings is 1. The van der Waals surface area contributed by atoms with Crippen LogP contribution in [-0.2, 0) is 20.9 Å². The van der Waals surface area contributed by atoms with Crippen LogP contribution in [0.15, 0.2) is 6.33 Å². The normalized spacial score (nSPS) is 20.7. The van der Waals surface area contributed by atoms with Crippen molar-refractivity contribution in [2.45, 2.75) is 64.3 Å². The second kappa shape index (κ2) is 8.60. The number of ether oxygens (including phenoxy) is 1. The van der Waals surface area contributed by atoms with Gasteiger partial charge < -0.3 is 9.64 Å². The first-order valence-electron chi connectivity index (χ1n) is 9.66. The molecule has 0 spiro atoms. The summed E-state index contributed by atoms with van der Waals surface area (Å²) in [4.78, 5) is 26.4. The third-order valence-corrected chi connectivity index (χ3v) is 5.98. The fraction of sp³-hybridized carbons (Fsp3) is 0.833. The van der Waals surface area contributed by atoms with E-state index in [2.05, 4.69) is 15.5 Å². The molecule has 1 saturated carbocycles. The molecule has 1 aromatic heterocycles. The second-order valence-electron chi connectivity index (χ2n) is 7.85. The molecular formula is C18H29N5O3. The molecule has 0 N–H and O–H groups in total. The number of tetrazole rings is 1. The molecule has 1 saturated heterocycles. The average Bonchev–Trinajstić information content (AvgIpc) is 3.15. The van der Waals surface area contributed by atoms with Crippen LogP contribution >= 0.6 is 0 Å². The van der Waals surface area contributed by atoms with E-state index in [0.717, 1.165) is 51.6 Å². The van der Waals surface area contributed by atoms with Crippen molar-refractivity contribution in [2.24, 2.45) is 11.3 Å². The van der Waals surface area contributed by atoms with Gasteiger partial charge in [-0.15, -0.1) is 5.10 Å². The zero-order valence-corrected chi connectivity index (χ0v) is 15.6. The van der Waals surface area contributed by atoms with Gasteiger partial charge in [-0.1, -0.05) is 19.3 Å². The molecule has 2 fully saturated rings. The van der Waals surface area contributed by atoms with E-state index in [9.17, 15) is 9.59 Å². The standard InChI is InChI=1S/C18H29N5O3/c1-26-17(25)11-15-5-9-22(10-6-15)16(24)12-18(7-3-2-4-8-18)13-23-14-19-20-21-23/h14-15H,2-13H2,1H3. The summed E-state index contributed by atoms with van der Waals surface area (Å²) >= 11 is 0. The minimum atomic E-state index is -0.155. The van der Waals surface area contributed by atoms with Gasteiger partial charge in [0.2, 0.25) is 5.91 Å². The van der Waals surface area contributed by atoms with Crippen molar-refractivity contribution in [3.63, 3.8) is 0 Å². The van der Waals surface area contributed by atoms with Crippen molar-refractivity contribution < 1.29 is 14.3 Å². The fourth-order valence-corrected chi connectivity index (χ4v) is 4.43. The molecular weight excluding hydrogens is 334 g/mol. The molecule has 1 aliphatic carbocycles. The van der Waals surface area contributed by atoms with Gasteiger partial charge in [0.1, 0.15) is 6.33 Å². The summed E-state index contributed by atoms with van der Waals surface area (Å²) in [5, 5.41) is 11.5. The van der Waals surface area contributed by atoms with Gasteiger partial charge in [-0.05, 0) is 47.4 Å². The number of methoxy groups -OCH3 is 1. The van der Waals surface area contributed by atoms with Crippen LogP contribution in [0.5, 0.6) is 0 Å². The molecule has 1 aromatic rings. The number of rotatable bonds is 6. The van der Waals surface area contributed by atoms with Crippen LogP contribution in [0.4, 0.5) is 0 Å². The van der Waals surface area contributed by atoms with Crippen molar-refractivity contribution >= 4 is 11.9 Å². The zero-order valence-electron chi connectivity index (χ0n) is 15.6. The minimum absolute atomic E-state index is 0.0341. The Labute approximate surface area is 154 Å². The van der Waals surface area contributed by atoms with Crippen LogP contribution in [0, 0.1) is 11.3 Å². The molecule has 8 nitrogen and oxygen atoms in total. The van der Waals surface area contributed by atoms with Crippen LogP contribution in [-0.4, -0.2) is 57.2 Å². The Morgan fingerprint density at radius 1 is 1.19 bits per heavy atom. The van der Waals surface area contributed by atoms with E-state index in [4.69, 9.17) is 4.74 Å². The van der Waals surface area contributed by atoms with E-state index < -0.39 is 0 Å². The summed E-state index contributed by atoms with van der Waals surface area (Å²) in [7, 11) is 1.43. The highest BCUT2D eigenvalue weighted by Gasteiger charge is 2.37. The molecule has 144 valence electrons. The topological polar surface area (TPSA) is 90.2 Å². The summed E-state index contributed by atoms with van der Waals surface area (Å²) < 4.78 is 6.52. The highest BCUT2D eigenvalue weighted by molar-refractivity contribution is 5.77. The number of hydrogen-bond acceptors (Lipinski definition) is 6. The fourth-order valence-electron chi connectivity index (χ4n) is 4.43. The van der Waals surface area contributed by atoms with E-state index in [-0.39, 0.29) is 17.3 Å². The molecule has 1 amide bonds. The highest BCUT2D eigenvalue weighted by atomic mass is 16.5. The highest BCUT2D eigenvalue weighted by Crippen LogP contribution is 2.41. The smallest absolute Gasteiger partial charge is 0.305 e. The monoisotopic (exact) mass is 363 g/mol. The van der Waals surface area contributed by atoms with Gasteiger partial charge in [0.25, 0.3) is 0 Å². The van der Waals surface area contributed by atoms with Gasteiger partial charge in [0, 0.05) is 25.9 Å². The first-order valence-corrected chi connectivity index (χ1v) is 9.66. The molecule has 0 radical (unpaired) electrons. The van der Waals surface area contributed by atoms with Gasteiger partial charge in [0.05, 0.1) is 13.7 Å². The van der Waals surface area contributed by atoms with Crippen molar-refractivity contribution in [3.8, 4) is 0 Å². The Bertz CT molecular complexity index is 590. The van der Waals surface area contributed by atoms with Crippen LogP contribution in [0.25, 0.3) is 0 Å². The Morgan fingerprint density at radius 2 is 1.92 bits per heavy atom. The summed E-state index contributed by atoms with van der Waals surface area (Å²) in [5.41, 5.74) is -0.0341. The van der Waals surface area contributed by atoms with E-state index in [1.165, 1.54) is 13.5 Å². The molecule has 0 bridgehead atoms. The van der Waals surface area contributed by atoms with Crippen LogP contribution < -0.4 is 0 Å². The third-order valence-electron chi connectivity index (χ3n) is 5.98. The van der Waals surface area contributed by atoms with Crippen molar-refractivity contribution in [3.05, 3.63) is 6.33 Å². The zero-order chi connectivity index (χ0) is 18.4. The lowest BCUT2D eigenvalue weighted by Gasteiger charge is -2.39. The third kappa shape index (κ3) is 4.80. The van der Waals surface area contributed by atoms with E-state index in [1.807, 2.05) is 4.90 Å². The molecule has 3 rings (SSSR count). The lowest BCUT2D eigenvalue weighted by atomic mass is 9.71. The molecule has 0 aromatic carbocycles. The van der Waals surface area contributed by atoms with E-state index in [0.29, 0.717) is 25.3 Å². The Balaban J connectivity index is 1.56. The van der Waals surface area contributed by atoms with Crippen LogP contribution in [0.3, 0.4) is 0 Å². The number of carbonyl (C=O) groups is 2. The number of esters is 1. The SMILES string of the molecule is COC(=O)CC1CCN(C(=O)CC2(Cn3cnnn3)CCCCC2)CC1. The largest absolute Gasteiger partial charge is 0.469 e. The number of amides is 1. The Hall–Kier alpha value is -1.99. The quantitative estimate of drug-likeness (QED) is 0.716. The Morgan fingerprint density at radius 3 is 2.54 bits per heavy atom. The van der Waals surface area contributed by atoms with Gasteiger partial charge in [-0.3, -0.25) is 9.59 Å². The number of hydrogen-bond donors (Lipinski definition) is 0. The van der Waals surface area contributed by atoms with E-state index >= 15 is 0 Å². The predicted molar refractivity (Wildman–Crippen MR) is 93.9 cm³/mol. The number of likely N-dealkylation sites (tertiary alicyclic amines) is 1. The Kier molecular flexibility index (Phi) is 6.21. The summed E-state index contributed by atoms with van der Waals surface area (Å²) in [6, 6.07) is 0. The molecule has 1 aliphatic heterocycles. The van der Waals surface area contributed by atoms with Gasteiger partial charge in [-0.25, -0.2) is 4.68 Å². The van der Waals surface area contributed by atoms with Gasteiger partial charge in [-0.2, -0.15) is 0 Å². The van der Waals surface area contributed by atoms with Gasteiger partial charge in [0.15, 0.2) is 0 Å². The molecule has 2 aliphatic rings. The number of nitrogens with zero attached hydrogens (tertiary/aromatic N) is 5. The van der Waals surface area contributed by atoms with Gasteiger partial charge >= 0.3 is 5.97 Å². The summed E-state index contributed by atoms with van der Waals surface area (Å²) in [5.74, 6) is 0.408. The first kappa shape index (κ1) is 18.8. The lowest BCUT2D eigenvalue weighted by molar-refractivity contribution is -0.142. The molecule has 0 unspecified atom stereocenters. The summed E-state index contributed by atoms with van der Waals surface area (Å²) in [6.07, 6.45) is 10.1. The second-order valence-corrected chi connectivity index (χ2v) is 7.85. The lowest BCUT2D eigenvalue weighted by Crippen LogP contribution is -2.43. The van der Waals surface area contributed by atoms with Crippen molar-refractivity contribution in [2.75, 3.05) is 20.2 Å². The predicted octanol–water partition coefficient (Wildman–Crippen LogP) is 1.82. The van der Waals surface area contributed by atoms with Crippen molar-refractivity contribution in [1.82, 2.24) is 25.1 Å². The maximum absolute atomic E-state index is 13.0.